The van der Waals surface area contributed by atoms with Crippen molar-refractivity contribution in [3.8, 4) is 6.07 Å². The van der Waals surface area contributed by atoms with Gasteiger partial charge in [0.05, 0.1) is 31.1 Å². The molecule has 5 nitrogen and oxygen atoms in total. The number of rotatable bonds is 2. The lowest BCUT2D eigenvalue weighted by molar-refractivity contribution is -0.00517. The van der Waals surface area contributed by atoms with Gasteiger partial charge in [-0.3, -0.25) is 0 Å². The first kappa shape index (κ1) is 15.7. The van der Waals surface area contributed by atoms with Crippen LogP contribution in [0.2, 0.25) is 5.02 Å². The van der Waals surface area contributed by atoms with Crippen LogP contribution in [0.15, 0.2) is 36.7 Å². The first-order valence-corrected chi connectivity index (χ1v) is 7.75. The molecule has 1 fully saturated rings. The first-order valence-electron chi connectivity index (χ1n) is 7.37. The van der Waals surface area contributed by atoms with Crippen LogP contribution >= 0.6 is 11.6 Å². The van der Waals surface area contributed by atoms with Crippen molar-refractivity contribution in [2.45, 2.75) is 25.5 Å². The minimum absolute atomic E-state index is 0.130. The van der Waals surface area contributed by atoms with Gasteiger partial charge in [0.2, 0.25) is 0 Å². The van der Waals surface area contributed by atoms with Crippen molar-refractivity contribution in [3.05, 3.63) is 52.9 Å². The number of morpholine rings is 1. The quantitative estimate of drug-likeness (QED) is 0.846. The van der Waals surface area contributed by atoms with E-state index in [0.717, 1.165) is 11.4 Å². The maximum atomic E-state index is 8.86. The largest absolute Gasteiger partial charge is 0.369 e. The van der Waals surface area contributed by atoms with E-state index >= 15 is 0 Å². The van der Waals surface area contributed by atoms with Gasteiger partial charge >= 0.3 is 0 Å². The van der Waals surface area contributed by atoms with Crippen molar-refractivity contribution in [2.24, 2.45) is 0 Å². The Kier molecular flexibility index (Phi) is 4.20. The van der Waals surface area contributed by atoms with Gasteiger partial charge in [-0.1, -0.05) is 29.8 Å². The van der Waals surface area contributed by atoms with Gasteiger partial charge in [-0.05, 0) is 19.9 Å². The van der Waals surface area contributed by atoms with E-state index in [4.69, 9.17) is 21.6 Å². The summed E-state index contributed by atoms with van der Waals surface area (Å²) in [4.78, 5) is 10.6. The molecule has 6 heteroatoms. The predicted molar refractivity (Wildman–Crippen MR) is 88.3 cm³/mol. The molecule has 1 aromatic carbocycles. The van der Waals surface area contributed by atoms with E-state index in [0.29, 0.717) is 23.9 Å². The summed E-state index contributed by atoms with van der Waals surface area (Å²) < 4.78 is 6.03. The van der Waals surface area contributed by atoms with Gasteiger partial charge in [-0.2, -0.15) is 5.26 Å². The van der Waals surface area contributed by atoms with Gasteiger partial charge in [-0.25, -0.2) is 9.97 Å². The van der Waals surface area contributed by atoms with Crippen molar-refractivity contribution in [1.29, 1.82) is 5.26 Å². The Morgan fingerprint density at radius 3 is 2.74 bits per heavy atom. The van der Waals surface area contributed by atoms with Crippen LogP contribution in [-0.4, -0.2) is 28.7 Å². The second kappa shape index (κ2) is 6.15. The summed E-state index contributed by atoms with van der Waals surface area (Å²) in [6.45, 7) is 5.35. The molecule has 0 amide bonds. The van der Waals surface area contributed by atoms with Gasteiger partial charge in [0.15, 0.2) is 5.69 Å². The highest BCUT2D eigenvalue weighted by molar-refractivity contribution is 6.31. The highest BCUT2D eigenvalue weighted by atomic mass is 35.5. The Labute approximate surface area is 140 Å². The second-order valence-electron chi connectivity index (χ2n) is 6.12. The summed E-state index contributed by atoms with van der Waals surface area (Å²) in [5.74, 6) is 0.731. The zero-order chi connectivity index (χ0) is 16.4. The normalized spacial score (nSPS) is 20.1. The highest BCUT2D eigenvalue weighted by Crippen LogP contribution is 2.35. The Balaban J connectivity index is 1.90. The van der Waals surface area contributed by atoms with E-state index in [1.807, 2.05) is 30.3 Å². The van der Waals surface area contributed by atoms with Crippen molar-refractivity contribution in [2.75, 3.05) is 18.1 Å². The van der Waals surface area contributed by atoms with E-state index in [1.54, 1.807) is 6.20 Å². The predicted octanol–water partition coefficient (Wildman–Crippen LogP) is 3.36. The topological polar surface area (TPSA) is 62.0 Å². The molecule has 3 rings (SSSR count). The molecule has 23 heavy (non-hydrogen) atoms. The van der Waals surface area contributed by atoms with E-state index in [2.05, 4.69) is 28.7 Å². The maximum Gasteiger partial charge on any atom is 0.158 e. The molecular weight excluding hydrogens is 312 g/mol. The number of benzene rings is 1. The highest BCUT2D eigenvalue weighted by Gasteiger charge is 2.37. The number of anilines is 1. The number of nitriles is 1. The third kappa shape index (κ3) is 3.14. The van der Waals surface area contributed by atoms with Gasteiger partial charge in [-0.15, -0.1) is 0 Å². The molecule has 0 spiro atoms. The fraction of sp³-hybridized carbons (Fsp3) is 0.353. The molecule has 1 saturated heterocycles. The third-order valence-electron chi connectivity index (χ3n) is 4.00. The Hall–Kier alpha value is -2.16. The molecule has 0 N–H and O–H groups in total. The van der Waals surface area contributed by atoms with Gasteiger partial charge in [0.1, 0.15) is 18.0 Å². The summed E-state index contributed by atoms with van der Waals surface area (Å²) in [6.07, 6.45) is 3.00. The smallest absolute Gasteiger partial charge is 0.158 e. The van der Waals surface area contributed by atoms with Crippen LogP contribution in [0.25, 0.3) is 0 Å². The zero-order valence-electron chi connectivity index (χ0n) is 13.0. The van der Waals surface area contributed by atoms with Crippen LogP contribution in [0.5, 0.6) is 0 Å². The maximum absolute atomic E-state index is 8.86. The summed E-state index contributed by atoms with van der Waals surface area (Å²) in [6, 6.07) is 9.69. The number of aromatic nitrogens is 2. The fourth-order valence-electron chi connectivity index (χ4n) is 2.69. The molecular formula is C17H17ClN4O. The minimum Gasteiger partial charge on any atom is -0.369 e. The molecule has 2 aromatic rings. The van der Waals surface area contributed by atoms with Gasteiger partial charge in [0.25, 0.3) is 0 Å². The van der Waals surface area contributed by atoms with E-state index in [9.17, 15) is 0 Å². The Morgan fingerprint density at radius 1 is 1.30 bits per heavy atom. The molecule has 0 aliphatic carbocycles. The number of hydrogen-bond donors (Lipinski definition) is 0. The van der Waals surface area contributed by atoms with Crippen LogP contribution in [0.3, 0.4) is 0 Å². The minimum atomic E-state index is -0.222. The van der Waals surface area contributed by atoms with Crippen molar-refractivity contribution in [1.82, 2.24) is 9.97 Å². The summed E-state index contributed by atoms with van der Waals surface area (Å²) in [5, 5.41) is 9.56. The fourth-order valence-corrected chi connectivity index (χ4v) is 2.95. The zero-order valence-corrected chi connectivity index (χ0v) is 13.8. The van der Waals surface area contributed by atoms with Crippen LogP contribution in [0.4, 0.5) is 5.82 Å². The first-order chi connectivity index (χ1) is 11.0. The number of halogens is 1. The average Bonchev–Trinajstić information content (AvgIpc) is 2.56. The molecule has 118 valence electrons. The number of ether oxygens (including phenoxy) is 1. The molecule has 0 unspecified atom stereocenters. The average molecular weight is 329 g/mol. The van der Waals surface area contributed by atoms with Gasteiger partial charge < -0.3 is 9.64 Å². The number of nitrogens with zero attached hydrogens (tertiary/aromatic N) is 4. The molecule has 1 aliphatic rings. The van der Waals surface area contributed by atoms with Crippen LogP contribution in [0, 0.1) is 11.3 Å². The SMILES string of the molecule is CC1(C)CO[C@@H](c2ccccc2Cl)CN1c1cnc(C#N)cn1. The Morgan fingerprint density at radius 2 is 2.09 bits per heavy atom. The molecule has 1 aromatic heterocycles. The molecule has 1 aliphatic heterocycles. The molecule has 0 saturated carbocycles. The lowest BCUT2D eigenvalue weighted by Crippen LogP contribution is -2.54. The van der Waals surface area contributed by atoms with Gasteiger partial charge in [0, 0.05) is 10.6 Å². The van der Waals surface area contributed by atoms with Crippen LogP contribution < -0.4 is 4.90 Å². The second-order valence-corrected chi connectivity index (χ2v) is 6.52. The summed E-state index contributed by atoms with van der Waals surface area (Å²) in [7, 11) is 0. The lowest BCUT2D eigenvalue weighted by atomic mass is 9.98. The van der Waals surface area contributed by atoms with Crippen LogP contribution in [-0.2, 0) is 4.74 Å². The van der Waals surface area contributed by atoms with Crippen molar-refractivity contribution < 1.29 is 4.74 Å². The summed E-state index contributed by atoms with van der Waals surface area (Å²) in [5.41, 5.74) is 1.05. The molecule has 1 atom stereocenters. The lowest BCUT2D eigenvalue weighted by Gasteiger charge is -2.46. The van der Waals surface area contributed by atoms with Crippen molar-refractivity contribution in [3.63, 3.8) is 0 Å². The Bertz CT molecular complexity index is 739. The molecule has 2 heterocycles. The van der Waals surface area contributed by atoms with E-state index in [-0.39, 0.29) is 11.6 Å². The standard InChI is InChI=1S/C17H17ClN4O/c1-17(2)11-23-15(13-5-3-4-6-14(13)18)10-22(17)16-9-20-12(7-19)8-21-16/h3-6,8-9,15H,10-11H2,1-2H3/t15-/m1/s1. The molecule has 0 bridgehead atoms. The third-order valence-corrected chi connectivity index (χ3v) is 4.34. The molecule has 0 radical (unpaired) electrons. The van der Waals surface area contributed by atoms with Crippen LogP contribution in [0.1, 0.15) is 31.2 Å². The monoisotopic (exact) mass is 328 g/mol. The number of hydrogen-bond acceptors (Lipinski definition) is 5. The van der Waals surface area contributed by atoms with Crippen molar-refractivity contribution >= 4 is 17.4 Å². The summed E-state index contributed by atoms with van der Waals surface area (Å²) >= 11 is 6.30. The van der Waals surface area contributed by atoms with E-state index < -0.39 is 0 Å². The van der Waals surface area contributed by atoms with E-state index in [1.165, 1.54) is 6.20 Å².